The summed E-state index contributed by atoms with van der Waals surface area (Å²) in [4.78, 5) is 17.3. The van der Waals surface area contributed by atoms with E-state index in [-0.39, 0.29) is 22.7 Å². The molecule has 1 saturated heterocycles. The second kappa shape index (κ2) is 7.84. The Morgan fingerprint density at radius 1 is 1.32 bits per heavy atom. The quantitative estimate of drug-likeness (QED) is 0.843. The number of likely N-dealkylation sites (tertiary alicyclic amines) is 1. The molecule has 1 N–H and O–H groups in total. The third-order valence-corrected chi connectivity index (χ3v) is 6.59. The molecule has 2 aromatic rings. The summed E-state index contributed by atoms with van der Waals surface area (Å²) >= 11 is 6.24. The van der Waals surface area contributed by atoms with E-state index >= 15 is 0 Å². The van der Waals surface area contributed by atoms with Crippen molar-refractivity contribution < 1.29 is 9.18 Å². The van der Waals surface area contributed by atoms with Gasteiger partial charge in [-0.25, -0.2) is 4.39 Å². The molecule has 0 aliphatic carbocycles. The summed E-state index contributed by atoms with van der Waals surface area (Å²) in [6.07, 6.45) is 2.47. The summed E-state index contributed by atoms with van der Waals surface area (Å²) in [6, 6.07) is 3.20. The summed E-state index contributed by atoms with van der Waals surface area (Å²) in [6.45, 7) is 8.11. The van der Waals surface area contributed by atoms with Gasteiger partial charge in [-0.1, -0.05) is 24.6 Å². The van der Waals surface area contributed by atoms with Gasteiger partial charge in [-0.15, -0.1) is 0 Å². The number of piperidine rings is 1. The first-order valence-corrected chi connectivity index (χ1v) is 10.4. The van der Waals surface area contributed by atoms with Gasteiger partial charge in [0.2, 0.25) is 0 Å². The molecule has 2 aliphatic rings. The van der Waals surface area contributed by atoms with Gasteiger partial charge in [0.1, 0.15) is 5.82 Å². The molecule has 1 amide bonds. The number of H-pyrrole nitrogens is 1. The van der Waals surface area contributed by atoms with Crippen LogP contribution in [0.15, 0.2) is 12.1 Å². The number of hydrogen-bond acceptors (Lipinski definition) is 3. The maximum Gasteiger partial charge on any atom is 0.274 e. The molecule has 0 bridgehead atoms. The Morgan fingerprint density at radius 2 is 2.07 bits per heavy atom. The Labute approximate surface area is 169 Å². The topological polar surface area (TPSA) is 52.2 Å². The molecule has 1 aromatic heterocycles. The minimum absolute atomic E-state index is 0.00374. The molecule has 0 saturated carbocycles. The largest absolute Gasteiger partial charge is 0.337 e. The van der Waals surface area contributed by atoms with Crippen molar-refractivity contribution in [1.29, 1.82) is 0 Å². The second-order valence-electron chi connectivity index (χ2n) is 7.81. The van der Waals surface area contributed by atoms with Gasteiger partial charge in [0.15, 0.2) is 5.69 Å². The normalized spacial score (nSPS) is 18.4. The van der Waals surface area contributed by atoms with Gasteiger partial charge in [0.25, 0.3) is 5.91 Å². The van der Waals surface area contributed by atoms with E-state index in [1.807, 2.05) is 11.8 Å². The fourth-order valence-electron chi connectivity index (χ4n) is 4.48. The smallest absolute Gasteiger partial charge is 0.274 e. The number of carbonyl (C=O) groups is 1. The van der Waals surface area contributed by atoms with Crippen molar-refractivity contribution in [3.8, 4) is 0 Å². The number of halogens is 2. The Bertz CT molecular complexity index is 889. The second-order valence-corrected chi connectivity index (χ2v) is 8.18. The zero-order chi connectivity index (χ0) is 19.8. The third-order valence-electron chi connectivity index (χ3n) is 6.20. The Morgan fingerprint density at radius 3 is 2.79 bits per heavy atom. The first kappa shape index (κ1) is 19.4. The van der Waals surface area contributed by atoms with Gasteiger partial charge in [-0.05, 0) is 49.4 Å². The van der Waals surface area contributed by atoms with Gasteiger partial charge in [-0.2, -0.15) is 5.10 Å². The van der Waals surface area contributed by atoms with E-state index < -0.39 is 0 Å². The predicted molar refractivity (Wildman–Crippen MR) is 107 cm³/mol. The highest BCUT2D eigenvalue weighted by Crippen LogP contribution is 2.36. The van der Waals surface area contributed by atoms with E-state index in [0.29, 0.717) is 18.8 Å². The van der Waals surface area contributed by atoms with Crippen LogP contribution in [0.25, 0.3) is 0 Å². The zero-order valence-electron chi connectivity index (χ0n) is 16.4. The van der Waals surface area contributed by atoms with Crippen molar-refractivity contribution in [3.63, 3.8) is 0 Å². The number of rotatable bonds is 3. The van der Waals surface area contributed by atoms with Gasteiger partial charge in [0.05, 0.1) is 5.02 Å². The van der Waals surface area contributed by atoms with Gasteiger partial charge >= 0.3 is 0 Å². The molecule has 1 fully saturated rings. The third kappa shape index (κ3) is 3.44. The van der Waals surface area contributed by atoms with Gasteiger partial charge < -0.3 is 4.90 Å². The summed E-state index contributed by atoms with van der Waals surface area (Å²) < 4.78 is 13.9. The van der Waals surface area contributed by atoms with E-state index in [1.165, 1.54) is 6.07 Å². The number of aromatic nitrogens is 2. The molecule has 4 rings (SSSR count). The molecule has 2 aliphatic heterocycles. The number of likely N-dealkylation sites (N-methyl/N-ethyl adjacent to an activating group) is 1. The number of nitrogens with zero attached hydrogens (tertiary/aromatic N) is 3. The van der Waals surface area contributed by atoms with Crippen molar-refractivity contribution >= 4 is 17.5 Å². The highest BCUT2D eigenvalue weighted by molar-refractivity contribution is 6.31. The highest BCUT2D eigenvalue weighted by Gasteiger charge is 2.31. The van der Waals surface area contributed by atoms with Crippen molar-refractivity contribution in [2.75, 3.05) is 26.2 Å². The molecule has 0 atom stereocenters. The molecule has 0 unspecified atom stereocenters. The molecule has 28 heavy (non-hydrogen) atoms. The van der Waals surface area contributed by atoms with E-state index in [0.717, 1.165) is 61.3 Å². The summed E-state index contributed by atoms with van der Waals surface area (Å²) in [7, 11) is 0. The fraction of sp³-hybridized carbons (Fsp3) is 0.524. The first-order chi connectivity index (χ1) is 13.5. The number of nitrogens with one attached hydrogen (secondary N) is 1. The monoisotopic (exact) mass is 404 g/mol. The lowest BCUT2D eigenvalue weighted by atomic mass is 9.86. The lowest BCUT2D eigenvalue weighted by molar-refractivity contribution is 0.0704. The minimum Gasteiger partial charge on any atom is -0.337 e. The maximum atomic E-state index is 13.9. The van der Waals surface area contributed by atoms with Crippen LogP contribution in [0.3, 0.4) is 0 Å². The molecule has 5 nitrogen and oxygen atoms in total. The molecular formula is C21H26ClFN4O. The molecule has 0 radical (unpaired) electrons. The number of carbonyl (C=O) groups excluding carboxylic acids is 1. The van der Waals surface area contributed by atoms with Crippen LogP contribution in [-0.4, -0.2) is 52.1 Å². The number of aromatic amines is 1. The van der Waals surface area contributed by atoms with E-state index in [9.17, 15) is 9.18 Å². The zero-order valence-corrected chi connectivity index (χ0v) is 17.2. The number of fused-ring (bicyclic) bond motifs is 1. The van der Waals surface area contributed by atoms with Crippen molar-refractivity contribution in [2.24, 2.45) is 0 Å². The van der Waals surface area contributed by atoms with Crippen LogP contribution in [0.5, 0.6) is 0 Å². The van der Waals surface area contributed by atoms with Crippen LogP contribution in [0.1, 0.15) is 58.6 Å². The standard InChI is InChI=1S/C21H26ClFN4O/c1-3-26-9-8-17-15(12-26)20(25-24-17)21(28)27-10-6-14(7-11-27)18-13(2)4-5-16(23)19(18)22/h4-5,14H,3,6-12H2,1-2H3,(H,24,25). The van der Waals surface area contributed by atoms with Crippen molar-refractivity contribution in [3.05, 3.63) is 51.1 Å². The summed E-state index contributed by atoms with van der Waals surface area (Å²) in [5.74, 6) is -0.198. The lowest BCUT2D eigenvalue weighted by Gasteiger charge is -2.33. The van der Waals surface area contributed by atoms with Crippen LogP contribution in [-0.2, 0) is 13.0 Å². The summed E-state index contributed by atoms with van der Waals surface area (Å²) in [5, 5.41) is 7.64. The molecule has 7 heteroatoms. The number of aryl methyl sites for hydroxylation is 1. The van der Waals surface area contributed by atoms with Crippen LogP contribution < -0.4 is 0 Å². The highest BCUT2D eigenvalue weighted by atomic mass is 35.5. The average molecular weight is 405 g/mol. The first-order valence-electron chi connectivity index (χ1n) is 10.0. The van der Waals surface area contributed by atoms with Crippen LogP contribution in [0, 0.1) is 12.7 Å². The van der Waals surface area contributed by atoms with Gasteiger partial charge in [0, 0.05) is 43.9 Å². The molecular weight excluding hydrogens is 379 g/mol. The predicted octanol–water partition coefficient (Wildman–Crippen LogP) is 3.91. The molecule has 0 spiro atoms. The van der Waals surface area contributed by atoms with Crippen molar-refractivity contribution in [1.82, 2.24) is 20.0 Å². The molecule has 3 heterocycles. The SMILES string of the molecule is CCN1CCc2[nH]nc(C(=O)N3CCC(c4c(C)ccc(F)c4Cl)CC3)c2C1. The van der Waals surface area contributed by atoms with Gasteiger partial charge in [-0.3, -0.25) is 14.8 Å². The Balaban J connectivity index is 1.47. The van der Waals surface area contributed by atoms with Crippen LogP contribution in [0.2, 0.25) is 5.02 Å². The number of hydrogen-bond donors (Lipinski definition) is 1. The van der Waals surface area contributed by atoms with E-state index in [4.69, 9.17) is 11.6 Å². The molecule has 150 valence electrons. The van der Waals surface area contributed by atoms with E-state index in [1.54, 1.807) is 6.07 Å². The Hall–Kier alpha value is -1.92. The maximum absolute atomic E-state index is 13.9. The summed E-state index contributed by atoms with van der Waals surface area (Å²) in [5.41, 5.74) is 4.60. The fourth-order valence-corrected chi connectivity index (χ4v) is 4.85. The van der Waals surface area contributed by atoms with Crippen molar-refractivity contribution in [2.45, 2.75) is 45.6 Å². The Kier molecular flexibility index (Phi) is 5.43. The number of amides is 1. The molecule has 1 aromatic carbocycles. The average Bonchev–Trinajstić information content (AvgIpc) is 3.14. The number of benzene rings is 1. The lowest BCUT2D eigenvalue weighted by Crippen LogP contribution is -2.39. The minimum atomic E-state index is -0.371. The van der Waals surface area contributed by atoms with Crippen LogP contribution >= 0.6 is 11.6 Å². The van der Waals surface area contributed by atoms with Crippen LogP contribution in [0.4, 0.5) is 4.39 Å². The van der Waals surface area contributed by atoms with E-state index in [2.05, 4.69) is 22.0 Å².